The number of rotatable bonds is 8. The van der Waals surface area contributed by atoms with Crippen molar-refractivity contribution in [3.8, 4) is 5.75 Å². The van der Waals surface area contributed by atoms with E-state index in [2.05, 4.69) is 17.4 Å². The second kappa shape index (κ2) is 7.93. The first-order valence-electron chi connectivity index (χ1n) is 8.01. The zero-order chi connectivity index (χ0) is 17.6. The Bertz CT molecular complexity index is 681. The molecule has 1 N–H and O–H groups in total. The van der Waals surface area contributed by atoms with Crippen molar-refractivity contribution < 1.29 is 9.66 Å². The fourth-order valence-corrected chi connectivity index (χ4v) is 2.42. The molecule has 0 bridgehead atoms. The molecule has 0 heterocycles. The summed E-state index contributed by atoms with van der Waals surface area (Å²) < 4.78 is 5.14. The highest BCUT2D eigenvalue weighted by Gasteiger charge is 2.32. The van der Waals surface area contributed by atoms with Crippen LogP contribution in [0, 0.1) is 10.1 Å². The van der Waals surface area contributed by atoms with E-state index in [1.807, 2.05) is 36.4 Å². The van der Waals surface area contributed by atoms with Gasteiger partial charge < -0.3 is 10.1 Å². The standard InChI is InChI=1S/C19H24N2O3/c1-19(2,21(22)23)17-6-4-5-16(13-17)14-20-12-11-15-7-9-18(24-3)10-8-15/h4-10,13,20H,11-12,14H2,1-3H3. The van der Waals surface area contributed by atoms with Gasteiger partial charge in [-0.2, -0.15) is 0 Å². The van der Waals surface area contributed by atoms with Crippen LogP contribution in [0.15, 0.2) is 48.5 Å². The number of hydrogen-bond donors (Lipinski definition) is 1. The van der Waals surface area contributed by atoms with Gasteiger partial charge in [-0.05, 0) is 42.3 Å². The van der Waals surface area contributed by atoms with Gasteiger partial charge in [0.15, 0.2) is 0 Å². The monoisotopic (exact) mass is 328 g/mol. The summed E-state index contributed by atoms with van der Waals surface area (Å²) >= 11 is 0. The lowest BCUT2D eigenvalue weighted by Crippen LogP contribution is -2.28. The lowest BCUT2D eigenvalue weighted by Gasteiger charge is -2.17. The summed E-state index contributed by atoms with van der Waals surface area (Å²) in [4.78, 5) is 10.9. The van der Waals surface area contributed by atoms with E-state index < -0.39 is 5.54 Å². The summed E-state index contributed by atoms with van der Waals surface area (Å²) in [5.74, 6) is 0.858. The van der Waals surface area contributed by atoms with Gasteiger partial charge in [0.2, 0.25) is 5.54 Å². The van der Waals surface area contributed by atoms with Gasteiger partial charge in [-0.25, -0.2) is 0 Å². The molecule has 0 aliphatic carbocycles. The van der Waals surface area contributed by atoms with Gasteiger partial charge in [0, 0.05) is 30.9 Å². The van der Waals surface area contributed by atoms with Gasteiger partial charge in [-0.1, -0.05) is 30.3 Å². The number of nitro groups is 1. The first-order chi connectivity index (χ1) is 11.4. The quantitative estimate of drug-likeness (QED) is 0.457. The highest BCUT2D eigenvalue weighted by molar-refractivity contribution is 5.28. The van der Waals surface area contributed by atoms with Crippen molar-refractivity contribution in [1.29, 1.82) is 0 Å². The predicted octanol–water partition coefficient (Wildman–Crippen LogP) is 3.54. The fraction of sp³-hybridized carbons (Fsp3) is 0.368. The molecule has 0 radical (unpaired) electrons. The van der Waals surface area contributed by atoms with Crippen molar-refractivity contribution in [2.24, 2.45) is 0 Å². The van der Waals surface area contributed by atoms with E-state index in [1.54, 1.807) is 21.0 Å². The predicted molar refractivity (Wildman–Crippen MR) is 94.9 cm³/mol. The van der Waals surface area contributed by atoms with Crippen LogP contribution in [0.5, 0.6) is 5.75 Å². The molecule has 2 rings (SSSR count). The summed E-state index contributed by atoms with van der Waals surface area (Å²) in [6.07, 6.45) is 0.921. The van der Waals surface area contributed by atoms with Crippen LogP contribution in [0.3, 0.4) is 0 Å². The van der Waals surface area contributed by atoms with Crippen molar-refractivity contribution in [2.75, 3.05) is 13.7 Å². The molecule has 0 aliphatic heterocycles. The van der Waals surface area contributed by atoms with Crippen LogP contribution in [0.2, 0.25) is 0 Å². The van der Waals surface area contributed by atoms with Crippen LogP contribution in [0.1, 0.15) is 30.5 Å². The molecule has 128 valence electrons. The maximum absolute atomic E-state index is 11.2. The van der Waals surface area contributed by atoms with Gasteiger partial charge in [0.1, 0.15) is 5.75 Å². The van der Waals surface area contributed by atoms with Gasteiger partial charge in [-0.15, -0.1) is 0 Å². The van der Waals surface area contributed by atoms with Crippen LogP contribution < -0.4 is 10.1 Å². The Balaban J connectivity index is 1.87. The highest BCUT2D eigenvalue weighted by atomic mass is 16.6. The molecule has 2 aromatic carbocycles. The Kier molecular flexibility index (Phi) is 5.93. The normalized spacial score (nSPS) is 11.3. The number of ether oxygens (including phenoxy) is 1. The summed E-state index contributed by atoms with van der Waals surface area (Å²) in [6.45, 7) is 4.79. The van der Waals surface area contributed by atoms with Crippen molar-refractivity contribution in [2.45, 2.75) is 32.4 Å². The van der Waals surface area contributed by atoms with E-state index in [9.17, 15) is 10.1 Å². The number of benzene rings is 2. The molecule has 0 saturated heterocycles. The molecule has 5 heteroatoms. The van der Waals surface area contributed by atoms with Crippen LogP contribution in [0.4, 0.5) is 0 Å². The van der Waals surface area contributed by atoms with Crippen molar-refractivity contribution in [3.63, 3.8) is 0 Å². The maximum Gasteiger partial charge on any atom is 0.241 e. The van der Waals surface area contributed by atoms with Gasteiger partial charge >= 0.3 is 0 Å². The second-order valence-electron chi connectivity index (χ2n) is 6.29. The second-order valence-corrected chi connectivity index (χ2v) is 6.29. The minimum atomic E-state index is -1.07. The molecule has 0 aliphatic rings. The molecule has 5 nitrogen and oxygen atoms in total. The molecule has 0 unspecified atom stereocenters. The van der Waals surface area contributed by atoms with Crippen LogP contribution in [-0.2, 0) is 18.5 Å². The van der Waals surface area contributed by atoms with E-state index in [4.69, 9.17) is 4.74 Å². The van der Waals surface area contributed by atoms with Crippen molar-refractivity contribution >= 4 is 0 Å². The average Bonchev–Trinajstić information content (AvgIpc) is 2.59. The molecule has 0 saturated carbocycles. The smallest absolute Gasteiger partial charge is 0.241 e. The Morgan fingerprint density at radius 1 is 1.12 bits per heavy atom. The third-order valence-corrected chi connectivity index (χ3v) is 4.17. The van der Waals surface area contributed by atoms with Crippen molar-refractivity contribution in [1.82, 2.24) is 5.32 Å². The number of nitrogens with one attached hydrogen (secondary N) is 1. The fourth-order valence-electron chi connectivity index (χ4n) is 2.42. The Labute approximate surface area is 142 Å². The third kappa shape index (κ3) is 4.55. The topological polar surface area (TPSA) is 64.4 Å². The number of methoxy groups -OCH3 is 1. The lowest BCUT2D eigenvalue weighted by atomic mass is 9.93. The molecule has 0 fully saturated rings. The summed E-state index contributed by atoms with van der Waals surface area (Å²) in [7, 11) is 1.66. The minimum absolute atomic E-state index is 0.247. The molecule has 0 amide bonds. The van der Waals surface area contributed by atoms with Crippen LogP contribution >= 0.6 is 0 Å². The summed E-state index contributed by atoms with van der Waals surface area (Å²) in [5.41, 5.74) is 1.95. The van der Waals surface area contributed by atoms with Crippen molar-refractivity contribution in [3.05, 3.63) is 75.3 Å². The zero-order valence-electron chi connectivity index (χ0n) is 14.4. The van der Waals surface area contributed by atoms with Crippen LogP contribution in [-0.4, -0.2) is 18.6 Å². The van der Waals surface area contributed by atoms with Gasteiger partial charge in [-0.3, -0.25) is 10.1 Å². The Hall–Kier alpha value is -2.40. The third-order valence-electron chi connectivity index (χ3n) is 4.17. The largest absolute Gasteiger partial charge is 0.497 e. The minimum Gasteiger partial charge on any atom is -0.497 e. The van der Waals surface area contributed by atoms with E-state index in [-0.39, 0.29) is 4.92 Å². The highest BCUT2D eigenvalue weighted by Crippen LogP contribution is 2.24. The Morgan fingerprint density at radius 3 is 2.46 bits per heavy atom. The zero-order valence-corrected chi connectivity index (χ0v) is 14.4. The number of hydrogen-bond acceptors (Lipinski definition) is 4. The van der Waals surface area contributed by atoms with Crippen LogP contribution in [0.25, 0.3) is 0 Å². The average molecular weight is 328 g/mol. The molecule has 24 heavy (non-hydrogen) atoms. The van der Waals surface area contributed by atoms with E-state index >= 15 is 0 Å². The Morgan fingerprint density at radius 2 is 1.83 bits per heavy atom. The van der Waals surface area contributed by atoms with Gasteiger partial charge in [0.05, 0.1) is 7.11 Å². The molecule has 0 spiro atoms. The molecule has 0 atom stereocenters. The maximum atomic E-state index is 11.2. The van der Waals surface area contributed by atoms with Gasteiger partial charge in [0.25, 0.3) is 0 Å². The SMILES string of the molecule is COc1ccc(CCNCc2cccc(C(C)(C)[N+](=O)[O-])c2)cc1. The molecule has 0 aromatic heterocycles. The molecular weight excluding hydrogens is 304 g/mol. The first-order valence-corrected chi connectivity index (χ1v) is 8.01. The van der Waals surface area contributed by atoms with E-state index in [0.717, 1.165) is 29.8 Å². The number of nitrogens with zero attached hydrogens (tertiary/aromatic N) is 1. The van der Waals surface area contributed by atoms with E-state index in [0.29, 0.717) is 6.54 Å². The summed E-state index contributed by atoms with van der Waals surface area (Å²) in [6, 6.07) is 15.6. The lowest BCUT2D eigenvalue weighted by molar-refractivity contribution is -0.569. The van der Waals surface area contributed by atoms with E-state index in [1.165, 1.54) is 5.56 Å². The summed E-state index contributed by atoms with van der Waals surface area (Å²) in [5, 5.41) is 14.6. The molecular formula is C19H24N2O3. The first kappa shape index (κ1) is 17.9. The molecule has 2 aromatic rings.